The van der Waals surface area contributed by atoms with Crippen molar-refractivity contribution in [3.05, 3.63) is 0 Å². The van der Waals surface area contributed by atoms with Crippen molar-refractivity contribution < 1.29 is 86.9 Å². The second-order valence-corrected chi connectivity index (χ2v) is 22.6. The summed E-state index contributed by atoms with van der Waals surface area (Å²) in [5.74, 6) is -9.98. The first-order chi connectivity index (χ1) is 40.6. The Morgan fingerprint density at radius 2 is 1.13 bits per heavy atom. The number of carbonyl (C=O) groups is 16. The number of aldehydes is 1. The molecule has 0 bridgehead atoms. The molecule has 0 aromatic rings. The molecule has 13 amide bonds. The lowest BCUT2D eigenvalue weighted by Gasteiger charge is -2.42. The van der Waals surface area contributed by atoms with Gasteiger partial charge in [-0.15, -0.1) is 35.9 Å². The number of ketones is 1. The maximum Gasteiger partial charge on any atom is 0.303 e. The summed E-state index contributed by atoms with van der Waals surface area (Å²) in [7, 11) is 0. The summed E-state index contributed by atoms with van der Waals surface area (Å²) in [6.45, 7) is 2.82. The molecular weight excluding hydrogens is 1190 g/mol. The van der Waals surface area contributed by atoms with Crippen LogP contribution < -0.4 is 53.6 Å². The third-order valence-electron chi connectivity index (χ3n) is 12.8. The fourth-order valence-electron chi connectivity index (χ4n) is 7.63. The monoisotopic (exact) mass is 1270 g/mol. The molecule has 1 unspecified atom stereocenters. The van der Waals surface area contributed by atoms with E-state index in [9.17, 15) is 86.9 Å². The quantitative estimate of drug-likeness (QED) is 0.0156. The van der Waals surface area contributed by atoms with Gasteiger partial charge in [0.1, 0.15) is 30.5 Å². The van der Waals surface area contributed by atoms with Crippen LogP contribution in [0.3, 0.4) is 0 Å². The number of terminal acetylenes is 1. The summed E-state index contributed by atoms with van der Waals surface area (Å²) in [5, 5.41) is 41.1. The molecule has 1 saturated heterocycles. The van der Waals surface area contributed by atoms with E-state index in [0.29, 0.717) is 18.5 Å². The van der Waals surface area contributed by atoms with E-state index in [1.165, 1.54) is 39.6 Å². The first kappa shape index (κ1) is 76.5. The Bertz CT molecular complexity index is 2490. The molecule has 1 aliphatic heterocycles. The van der Waals surface area contributed by atoms with Gasteiger partial charge in [0.05, 0.1) is 58.0 Å². The van der Waals surface area contributed by atoms with E-state index >= 15 is 0 Å². The molecule has 1 rings (SSSR count). The number of aliphatic hydroxyl groups is 1. The van der Waals surface area contributed by atoms with E-state index in [2.05, 4.69) is 53.8 Å². The summed E-state index contributed by atoms with van der Waals surface area (Å²) < 4.78 is 0. The van der Waals surface area contributed by atoms with Crippen LogP contribution in [0, 0.1) is 18.3 Å². The second-order valence-electron chi connectivity index (χ2n) is 19.5. The van der Waals surface area contributed by atoms with Crippen molar-refractivity contribution in [3.8, 4) is 12.3 Å². The number of carboxylic acid groups (broad SMARTS) is 1. The van der Waals surface area contributed by atoms with Gasteiger partial charge in [0.25, 0.3) is 0 Å². The van der Waals surface area contributed by atoms with Crippen molar-refractivity contribution in [2.75, 3.05) is 76.0 Å². The van der Waals surface area contributed by atoms with Crippen molar-refractivity contribution in [2.24, 2.45) is 11.7 Å². The second kappa shape index (κ2) is 40.7. The average molecular weight is 1270 g/mol. The zero-order valence-corrected chi connectivity index (χ0v) is 51.5. The molecule has 1 fully saturated rings. The highest BCUT2D eigenvalue weighted by Gasteiger charge is 2.37. The van der Waals surface area contributed by atoms with E-state index in [1.807, 2.05) is 6.26 Å². The van der Waals surface area contributed by atoms with Crippen molar-refractivity contribution in [2.45, 2.75) is 133 Å². The third kappa shape index (κ3) is 29.5. The number of nitrogens with zero attached hydrogens (tertiary/aromatic N) is 3. The first-order valence-electron chi connectivity index (χ1n) is 27.3. The molecule has 34 heteroatoms. The Morgan fingerprint density at radius 3 is 1.60 bits per heavy atom. The zero-order valence-electron chi connectivity index (χ0n) is 49.0. The number of Topliss-reactive ketones (excluding diaryl/α,β-unsaturated/α-hetero) is 1. The highest BCUT2D eigenvalue weighted by Crippen LogP contribution is 2.28. The van der Waals surface area contributed by atoms with Crippen molar-refractivity contribution >= 4 is 130 Å². The van der Waals surface area contributed by atoms with Crippen LogP contribution in [-0.2, 0) is 76.7 Å². The smallest absolute Gasteiger partial charge is 0.303 e. The van der Waals surface area contributed by atoms with E-state index in [0.717, 1.165) is 23.5 Å². The Labute approximate surface area is 510 Å². The molecule has 0 spiro atoms. The van der Waals surface area contributed by atoms with E-state index in [1.54, 1.807) is 20.8 Å². The number of nitrogens with one attached hydrogen (secondary N) is 9. The van der Waals surface area contributed by atoms with Gasteiger partial charge in [0.15, 0.2) is 10.7 Å². The maximum absolute atomic E-state index is 13.5. The number of nitrogens with two attached hydrogens (primary N) is 1. The fraction of sp³-hybridized carbons (Fsp3) is 0.654. The SMILES string of the molecule is C#CCCC(=O)N[C@@H](C)C(=O)NCC(=O)N[C@H](C(=O)NCC(=O)N[C@@H](CCC(=O)O)C(=O)NCC(=O)N[C@@H](CCC(N)=O)C(=O)NCC(=O)N[C@H](C=O)CSCC(=O)N1CN(C(=O)CCSC)CN(C(=O)CCC(O)(SC)C(=O)CC)C1)[C@@H](C)CC. The summed E-state index contributed by atoms with van der Waals surface area (Å²) in [6, 6.07) is -6.56. The third-order valence-corrected chi connectivity index (χ3v) is 15.6. The van der Waals surface area contributed by atoms with Crippen molar-refractivity contribution in [1.29, 1.82) is 0 Å². The van der Waals surface area contributed by atoms with Crippen LogP contribution in [-0.4, -0.2) is 231 Å². The highest BCUT2D eigenvalue weighted by atomic mass is 32.2. The number of aliphatic carboxylic acids is 1. The van der Waals surface area contributed by atoms with Gasteiger partial charge >= 0.3 is 5.97 Å². The Kier molecular flexibility index (Phi) is 36.2. The Balaban J connectivity index is 2.90. The topological polar surface area (TPSA) is 458 Å². The van der Waals surface area contributed by atoms with Gasteiger partial charge in [-0.3, -0.25) is 71.9 Å². The predicted octanol–water partition coefficient (Wildman–Crippen LogP) is -4.65. The largest absolute Gasteiger partial charge is 0.481 e. The molecule has 480 valence electrons. The molecule has 0 radical (unpaired) electrons. The van der Waals surface area contributed by atoms with E-state index < -0.39 is 176 Å². The lowest BCUT2D eigenvalue weighted by atomic mass is 9.98. The fourth-order valence-corrected chi connectivity index (χ4v) is 9.58. The zero-order chi connectivity index (χ0) is 65.1. The number of carbonyl (C=O) groups excluding carboxylic acids is 15. The van der Waals surface area contributed by atoms with Crippen LogP contribution >= 0.6 is 35.3 Å². The number of thioether (sulfide) groups is 3. The molecule has 7 atom stereocenters. The predicted molar refractivity (Wildman–Crippen MR) is 315 cm³/mol. The molecule has 0 aliphatic carbocycles. The van der Waals surface area contributed by atoms with Crippen LogP contribution in [0.5, 0.6) is 0 Å². The van der Waals surface area contributed by atoms with Crippen LogP contribution in [0.15, 0.2) is 0 Å². The van der Waals surface area contributed by atoms with E-state index in [-0.39, 0.29) is 75.9 Å². The lowest BCUT2D eigenvalue weighted by Crippen LogP contribution is -2.60. The Hall–Kier alpha value is -7.51. The van der Waals surface area contributed by atoms with Gasteiger partial charge in [-0.2, -0.15) is 11.8 Å². The molecular formula is C52H81N13O18S3. The number of carboxylic acids is 1. The van der Waals surface area contributed by atoms with Gasteiger partial charge in [-0.05, 0) is 38.2 Å². The van der Waals surface area contributed by atoms with Crippen LogP contribution in [0.1, 0.15) is 98.3 Å². The standard InChI is InChI=1S/C52H81N13O18S3/c1-8-11-12-38(69)58-32(5)48(79)54-24-42(73)62-47(31(4)9-2)51(82)57-23-41(72)61-35(14-16-46(77)78)50(81)56-22-40(71)60-34(13-15-37(53)68)49(80)55-21-39(70)59-33(25-66)26-86-27-45(76)65-29-63(28-64(30-65)44(75)18-20-84-6)43(74)17-19-52(83,85-7)36(67)10-3/h1,25,31-35,47,83H,9-24,26-30H2,2-7H3,(H2,53,68)(H,54,79)(H,55,80)(H,56,81)(H,57,82)(H,58,69)(H,59,70)(H,60,71)(H,61,72)(H,62,73)(H,77,78)/t31-,32-,33+,34-,35-,47-,52?/m0/s1. The minimum atomic E-state index is -1.79. The molecule has 86 heavy (non-hydrogen) atoms. The number of amides is 13. The molecule has 0 aromatic heterocycles. The van der Waals surface area contributed by atoms with Gasteiger partial charge in [-0.1, -0.05) is 27.2 Å². The Morgan fingerprint density at radius 1 is 0.640 bits per heavy atom. The van der Waals surface area contributed by atoms with Crippen LogP contribution in [0.2, 0.25) is 0 Å². The number of hydrogen-bond acceptors (Lipinski definition) is 20. The van der Waals surface area contributed by atoms with Gasteiger partial charge in [0, 0.05) is 62.9 Å². The summed E-state index contributed by atoms with van der Waals surface area (Å²) >= 11 is 3.26. The molecule has 31 nitrogen and oxygen atoms in total. The highest BCUT2D eigenvalue weighted by molar-refractivity contribution is 8.00. The van der Waals surface area contributed by atoms with Crippen LogP contribution in [0.4, 0.5) is 0 Å². The molecule has 0 saturated carbocycles. The van der Waals surface area contributed by atoms with Gasteiger partial charge in [0.2, 0.25) is 76.8 Å². The summed E-state index contributed by atoms with van der Waals surface area (Å²) in [5.41, 5.74) is 5.26. The molecule has 1 heterocycles. The summed E-state index contributed by atoms with van der Waals surface area (Å²) in [4.78, 5) is 205. The number of hydrogen-bond donors (Lipinski definition) is 12. The first-order valence-corrected chi connectivity index (χ1v) is 31.0. The van der Waals surface area contributed by atoms with Crippen molar-refractivity contribution in [3.63, 3.8) is 0 Å². The minimum absolute atomic E-state index is 0.0127. The normalized spacial score (nSPS) is 14.7. The van der Waals surface area contributed by atoms with Gasteiger partial charge in [-0.25, -0.2) is 0 Å². The van der Waals surface area contributed by atoms with Crippen LogP contribution in [0.25, 0.3) is 0 Å². The average Bonchev–Trinajstić information content (AvgIpc) is 2.98. The molecule has 0 aromatic carbocycles. The number of primary amides is 1. The molecule has 1 aliphatic rings. The minimum Gasteiger partial charge on any atom is -0.481 e. The summed E-state index contributed by atoms with van der Waals surface area (Å²) in [6.07, 6.45) is 7.12. The molecule has 13 N–H and O–H groups in total. The lowest BCUT2D eigenvalue weighted by molar-refractivity contribution is -0.158. The van der Waals surface area contributed by atoms with Crippen molar-refractivity contribution in [1.82, 2.24) is 62.6 Å². The van der Waals surface area contributed by atoms with Gasteiger partial charge < -0.3 is 83.3 Å². The number of rotatable bonds is 41. The van der Waals surface area contributed by atoms with E-state index in [4.69, 9.17) is 12.2 Å². The maximum atomic E-state index is 13.5.